The van der Waals surface area contributed by atoms with Gasteiger partial charge in [0.1, 0.15) is 5.75 Å². The third-order valence-corrected chi connectivity index (χ3v) is 4.39. The van der Waals surface area contributed by atoms with Crippen LogP contribution in [0.25, 0.3) is 0 Å². The second-order valence-electron chi connectivity index (χ2n) is 6.68. The number of likely N-dealkylation sites (N-methyl/N-ethyl adjacent to an activating group) is 1. The Morgan fingerprint density at radius 2 is 1.68 bits per heavy atom. The van der Waals surface area contributed by atoms with E-state index >= 15 is 0 Å². The van der Waals surface area contributed by atoms with Gasteiger partial charge in [-0.3, -0.25) is 14.5 Å². The van der Waals surface area contributed by atoms with Crippen LogP contribution < -0.4 is 15.4 Å². The first kappa shape index (κ1) is 21.4. The molecule has 0 atom stereocenters. The maximum atomic E-state index is 12.2. The van der Waals surface area contributed by atoms with Gasteiger partial charge in [-0.15, -0.1) is 0 Å². The largest absolute Gasteiger partial charge is 0.497 e. The molecule has 0 saturated heterocycles. The highest BCUT2D eigenvalue weighted by Gasteiger charge is 2.12. The molecule has 0 aliphatic rings. The average Bonchev–Trinajstić information content (AvgIpc) is 2.68. The highest BCUT2D eigenvalue weighted by molar-refractivity contribution is 5.93. The Hall–Kier alpha value is -2.86. The number of para-hydroxylation sites is 1. The average molecular weight is 383 g/mol. The van der Waals surface area contributed by atoms with E-state index in [-0.39, 0.29) is 24.9 Å². The molecule has 28 heavy (non-hydrogen) atoms. The highest BCUT2D eigenvalue weighted by atomic mass is 16.5. The SMILES string of the molecule is CCc1ccccc1NC(=O)CN(C)CC(=O)NCCc1ccc(OC)cc1. The zero-order chi connectivity index (χ0) is 20.4. The first-order valence-corrected chi connectivity index (χ1v) is 9.47. The minimum Gasteiger partial charge on any atom is -0.497 e. The van der Waals surface area contributed by atoms with Crippen molar-refractivity contribution in [3.8, 4) is 5.75 Å². The summed E-state index contributed by atoms with van der Waals surface area (Å²) >= 11 is 0. The number of methoxy groups -OCH3 is 1. The van der Waals surface area contributed by atoms with Crippen LogP contribution in [-0.4, -0.2) is 50.5 Å². The Bertz CT molecular complexity index is 775. The molecule has 0 aliphatic heterocycles. The molecule has 0 radical (unpaired) electrons. The number of anilines is 1. The number of aryl methyl sites for hydroxylation is 1. The number of ether oxygens (including phenoxy) is 1. The number of carbonyl (C=O) groups excluding carboxylic acids is 2. The number of amides is 2. The molecule has 150 valence electrons. The zero-order valence-electron chi connectivity index (χ0n) is 16.8. The second kappa shape index (κ2) is 11.1. The van der Waals surface area contributed by atoms with Crippen molar-refractivity contribution in [3.05, 3.63) is 59.7 Å². The van der Waals surface area contributed by atoms with E-state index in [1.807, 2.05) is 55.5 Å². The van der Waals surface area contributed by atoms with E-state index in [0.29, 0.717) is 6.54 Å². The number of nitrogens with zero attached hydrogens (tertiary/aromatic N) is 1. The number of carbonyl (C=O) groups is 2. The van der Waals surface area contributed by atoms with Crippen LogP contribution in [0.3, 0.4) is 0 Å². The molecule has 2 amide bonds. The van der Waals surface area contributed by atoms with Gasteiger partial charge in [0, 0.05) is 12.2 Å². The van der Waals surface area contributed by atoms with Crippen LogP contribution >= 0.6 is 0 Å². The van der Waals surface area contributed by atoms with Crippen LogP contribution in [0.5, 0.6) is 5.75 Å². The van der Waals surface area contributed by atoms with Crippen LogP contribution in [-0.2, 0) is 22.4 Å². The molecule has 0 bridgehead atoms. The summed E-state index contributed by atoms with van der Waals surface area (Å²) in [6.07, 6.45) is 1.59. The van der Waals surface area contributed by atoms with E-state index in [0.717, 1.165) is 35.4 Å². The molecule has 6 heteroatoms. The molecule has 0 aromatic heterocycles. The topological polar surface area (TPSA) is 70.7 Å². The first-order chi connectivity index (χ1) is 13.5. The summed E-state index contributed by atoms with van der Waals surface area (Å²) in [6.45, 7) is 2.93. The van der Waals surface area contributed by atoms with Crippen LogP contribution in [0, 0.1) is 0 Å². The van der Waals surface area contributed by atoms with Gasteiger partial charge in [-0.05, 0) is 49.2 Å². The monoisotopic (exact) mass is 383 g/mol. The van der Waals surface area contributed by atoms with Gasteiger partial charge in [-0.2, -0.15) is 0 Å². The second-order valence-corrected chi connectivity index (χ2v) is 6.68. The van der Waals surface area contributed by atoms with Gasteiger partial charge in [-0.25, -0.2) is 0 Å². The predicted molar refractivity (Wildman–Crippen MR) is 112 cm³/mol. The molecule has 2 N–H and O–H groups in total. The van der Waals surface area contributed by atoms with Crippen molar-refractivity contribution in [2.45, 2.75) is 19.8 Å². The maximum absolute atomic E-state index is 12.2. The van der Waals surface area contributed by atoms with E-state index in [4.69, 9.17) is 4.74 Å². The highest BCUT2D eigenvalue weighted by Crippen LogP contribution is 2.15. The van der Waals surface area contributed by atoms with Crippen LogP contribution in [0.4, 0.5) is 5.69 Å². The lowest BCUT2D eigenvalue weighted by molar-refractivity contribution is -0.122. The van der Waals surface area contributed by atoms with Gasteiger partial charge in [-0.1, -0.05) is 37.3 Å². The fourth-order valence-corrected chi connectivity index (χ4v) is 2.88. The fourth-order valence-electron chi connectivity index (χ4n) is 2.88. The third-order valence-electron chi connectivity index (χ3n) is 4.39. The van der Waals surface area contributed by atoms with Gasteiger partial charge in [0.25, 0.3) is 0 Å². The van der Waals surface area contributed by atoms with Crippen LogP contribution in [0.2, 0.25) is 0 Å². The Balaban J connectivity index is 1.70. The number of nitrogens with one attached hydrogen (secondary N) is 2. The molecule has 2 aromatic carbocycles. The van der Waals surface area contributed by atoms with Crippen molar-refractivity contribution in [1.82, 2.24) is 10.2 Å². The molecule has 0 saturated carbocycles. The van der Waals surface area contributed by atoms with Gasteiger partial charge in [0.05, 0.1) is 20.2 Å². The maximum Gasteiger partial charge on any atom is 0.238 e. The van der Waals surface area contributed by atoms with E-state index in [1.165, 1.54) is 0 Å². The molecule has 2 rings (SSSR count). The van der Waals surface area contributed by atoms with Crippen molar-refractivity contribution in [3.63, 3.8) is 0 Å². The summed E-state index contributed by atoms with van der Waals surface area (Å²) in [4.78, 5) is 26.0. The molecule has 0 fully saturated rings. The minimum absolute atomic E-state index is 0.0993. The van der Waals surface area contributed by atoms with Crippen molar-refractivity contribution in [2.75, 3.05) is 39.1 Å². The Morgan fingerprint density at radius 3 is 2.36 bits per heavy atom. The van der Waals surface area contributed by atoms with Gasteiger partial charge >= 0.3 is 0 Å². The summed E-state index contributed by atoms with van der Waals surface area (Å²) < 4.78 is 5.13. The molecule has 0 spiro atoms. The summed E-state index contributed by atoms with van der Waals surface area (Å²) in [5, 5.41) is 5.81. The molecule has 0 aliphatic carbocycles. The van der Waals surface area contributed by atoms with Crippen molar-refractivity contribution in [2.24, 2.45) is 0 Å². The summed E-state index contributed by atoms with van der Waals surface area (Å²) in [7, 11) is 3.39. The van der Waals surface area contributed by atoms with E-state index in [9.17, 15) is 9.59 Å². The molecule has 0 heterocycles. The molecule has 6 nitrogen and oxygen atoms in total. The van der Waals surface area contributed by atoms with Gasteiger partial charge in [0.2, 0.25) is 11.8 Å². The number of hydrogen-bond acceptors (Lipinski definition) is 4. The number of hydrogen-bond donors (Lipinski definition) is 2. The Morgan fingerprint density at radius 1 is 1.00 bits per heavy atom. The van der Waals surface area contributed by atoms with E-state index < -0.39 is 0 Å². The van der Waals surface area contributed by atoms with Gasteiger partial charge < -0.3 is 15.4 Å². The third kappa shape index (κ3) is 7.04. The standard InChI is InChI=1S/C22H29N3O3/c1-4-18-7-5-6-8-20(18)24-22(27)16-25(2)15-21(26)23-14-13-17-9-11-19(28-3)12-10-17/h5-12H,4,13-16H2,1-3H3,(H,23,26)(H,24,27). The lowest BCUT2D eigenvalue weighted by Gasteiger charge is -2.17. The van der Waals surface area contributed by atoms with E-state index in [2.05, 4.69) is 10.6 Å². The lowest BCUT2D eigenvalue weighted by atomic mass is 10.1. The van der Waals surface area contributed by atoms with Crippen molar-refractivity contribution >= 4 is 17.5 Å². The quantitative estimate of drug-likeness (QED) is 0.661. The normalized spacial score (nSPS) is 10.6. The minimum atomic E-state index is -0.130. The first-order valence-electron chi connectivity index (χ1n) is 9.47. The molecule has 2 aromatic rings. The fraction of sp³-hybridized carbons (Fsp3) is 0.364. The van der Waals surface area contributed by atoms with Crippen molar-refractivity contribution in [1.29, 1.82) is 0 Å². The predicted octanol–water partition coefficient (Wildman–Crippen LogP) is 2.49. The van der Waals surface area contributed by atoms with Crippen LogP contribution in [0.1, 0.15) is 18.1 Å². The summed E-state index contributed by atoms with van der Waals surface area (Å²) in [6, 6.07) is 15.5. The van der Waals surface area contributed by atoms with Crippen molar-refractivity contribution < 1.29 is 14.3 Å². The Kier molecular flexibility index (Phi) is 8.49. The van der Waals surface area contributed by atoms with Crippen LogP contribution in [0.15, 0.2) is 48.5 Å². The van der Waals surface area contributed by atoms with E-state index in [1.54, 1.807) is 19.1 Å². The van der Waals surface area contributed by atoms with Gasteiger partial charge in [0.15, 0.2) is 0 Å². The Labute approximate surface area is 166 Å². The number of rotatable bonds is 10. The number of benzene rings is 2. The molecular weight excluding hydrogens is 354 g/mol. The molecular formula is C22H29N3O3. The molecule has 0 unspecified atom stereocenters. The zero-order valence-corrected chi connectivity index (χ0v) is 16.8. The lowest BCUT2D eigenvalue weighted by Crippen LogP contribution is -2.39. The smallest absolute Gasteiger partial charge is 0.238 e. The summed E-state index contributed by atoms with van der Waals surface area (Å²) in [5.41, 5.74) is 3.05. The summed E-state index contributed by atoms with van der Waals surface area (Å²) in [5.74, 6) is 0.585.